The summed E-state index contributed by atoms with van der Waals surface area (Å²) in [6.07, 6.45) is 2.24. The average molecular weight is 404 g/mol. The smallest absolute Gasteiger partial charge is 0.341 e. The van der Waals surface area contributed by atoms with Crippen LogP contribution in [0.15, 0.2) is 48.7 Å². The van der Waals surface area contributed by atoms with Crippen molar-refractivity contribution in [2.24, 2.45) is 0 Å². The Morgan fingerprint density at radius 3 is 2.67 bits per heavy atom. The molecule has 0 spiro atoms. The minimum atomic E-state index is -0.438. The summed E-state index contributed by atoms with van der Waals surface area (Å²) in [7, 11) is 1.65. The highest BCUT2D eigenvalue weighted by Gasteiger charge is 2.26. The number of amides is 1. The lowest BCUT2D eigenvalue weighted by molar-refractivity contribution is -0.136. The summed E-state index contributed by atoms with van der Waals surface area (Å²) in [5, 5.41) is 1.03. The average Bonchev–Trinajstić information content (AvgIpc) is 2.99. The zero-order valence-corrected chi connectivity index (χ0v) is 17.3. The van der Waals surface area contributed by atoms with E-state index < -0.39 is 5.97 Å². The predicted octanol–water partition coefficient (Wildman–Crippen LogP) is 4.15. The number of esters is 1. The summed E-state index contributed by atoms with van der Waals surface area (Å²) in [6.45, 7) is 4.04. The van der Waals surface area contributed by atoms with Gasteiger partial charge >= 0.3 is 5.97 Å². The van der Waals surface area contributed by atoms with Gasteiger partial charge in [-0.1, -0.05) is 18.2 Å². The third kappa shape index (κ3) is 3.56. The SMILES string of the molecule is CCOC(=O)C1=CN(C(C)=O)CCc2c1[nH]c1ccc(-c3cccc(OC)c3)cc21. The first-order chi connectivity index (χ1) is 14.5. The number of hydrogen-bond acceptors (Lipinski definition) is 4. The van der Waals surface area contributed by atoms with E-state index in [1.165, 1.54) is 6.92 Å². The number of hydrogen-bond donors (Lipinski definition) is 1. The molecule has 30 heavy (non-hydrogen) atoms. The molecule has 0 saturated heterocycles. The van der Waals surface area contributed by atoms with E-state index in [4.69, 9.17) is 9.47 Å². The largest absolute Gasteiger partial charge is 0.497 e. The van der Waals surface area contributed by atoms with Crippen molar-refractivity contribution >= 4 is 28.4 Å². The Kier molecular flexibility index (Phi) is 5.31. The molecule has 0 bridgehead atoms. The minimum Gasteiger partial charge on any atom is -0.497 e. The van der Waals surface area contributed by atoms with Crippen LogP contribution in [0.2, 0.25) is 0 Å². The molecule has 4 rings (SSSR count). The second-order valence-electron chi connectivity index (χ2n) is 7.20. The Balaban J connectivity index is 1.85. The lowest BCUT2D eigenvalue weighted by Crippen LogP contribution is -2.25. The van der Waals surface area contributed by atoms with E-state index in [0.29, 0.717) is 18.5 Å². The number of fused-ring (bicyclic) bond motifs is 3. The molecule has 0 aliphatic carbocycles. The van der Waals surface area contributed by atoms with Gasteiger partial charge in [0.1, 0.15) is 5.75 Å². The lowest BCUT2D eigenvalue weighted by atomic mass is 9.99. The van der Waals surface area contributed by atoms with Crippen LogP contribution >= 0.6 is 0 Å². The highest BCUT2D eigenvalue weighted by molar-refractivity contribution is 6.18. The van der Waals surface area contributed by atoms with Crippen LogP contribution in [-0.2, 0) is 20.7 Å². The molecule has 0 unspecified atom stereocenters. The van der Waals surface area contributed by atoms with Crippen molar-refractivity contribution in [3.8, 4) is 16.9 Å². The third-order valence-electron chi connectivity index (χ3n) is 5.37. The van der Waals surface area contributed by atoms with E-state index in [1.807, 2.05) is 36.4 Å². The van der Waals surface area contributed by atoms with E-state index in [0.717, 1.165) is 39.0 Å². The van der Waals surface area contributed by atoms with Gasteiger partial charge in [0, 0.05) is 30.6 Å². The summed E-state index contributed by atoms with van der Waals surface area (Å²) >= 11 is 0. The molecule has 1 amide bonds. The Bertz CT molecular complexity index is 1160. The summed E-state index contributed by atoms with van der Waals surface area (Å²) in [5.74, 6) is 0.250. The molecule has 1 aromatic heterocycles. The first-order valence-corrected chi connectivity index (χ1v) is 9.97. The fourth-order valence-corrected chi connectivity index (χ4v) is 3.85. The van der Waals surface area contributed by atoms with Gasteiger partial charge in [0.2, 0.25) is 5.91 Å². The van der Waals surface area contributed by atoms with Crippen LogP contribution in [0.5, 0.6) is 5.75 Å². The molecule has 0 radical (unpaired) electrons. The number of carbonyl (C=O) groups is 2. The summed E-state index contributed by atoms with van der Waals surface area (Å²) < 4.78 is 10.6. The van der Waals surface area contributed by atoms with Gasteiger partial charge < -0.3 is 19.4 Å². The van der Waals surface area contributed by atoms with Crippen molar-refractivity contribution in [2.45, 2.75) is 20.3 Å². The first kappa shape index (κ1) is 19.8. The highest BCUT2D eigenvalue weighted by Crippen LogP contribution is 2.34. The van der Waals surface area contributed by atoms with Gasteiger partial charge in [-0.25, -0.2) is 4.79 Å². The van der Waals surface area contributed by atoms with E-state index in [-0.39, 0.29) is 12.5 Å². The Morgan fingerprint density at radius 1 is 1.13 bits per heavy atom. The van der Waals surface area contributed by atoms with E-state index in [9.17, 15) is 9.59 Å². The molecule has 2 heterocycles. The van der Waals surface area contributed by atoms with Crippen molar-refractivity contribution < 1.29 is 19.1 Å². The zero-order chi connectivity index (χ0) is 21.3. The van der Waals surface area contributed by atoms with Gasteiger partial charge in [0.25, 0.3) is 0 Å². The van der Waals surface area contributed by atoms with Crippen LogP contribution in [0.25, 0.3) is 27.6 Å². The molecule has 1 aliphatic heterocycles. The molecule has 6 nitrogen and oxygen atoms in total. The van der Waals surface area contributed by atoms with Crippen LogP contribution in [-0.4, -0.2) is 42.0 Å². The van der Waals surface area contributed by atoms with Crippen molar-refractivity contribution in [3.05, 3.63) is 59.9 Å². The second-order valence-corrected chi connectivity index (χ2v) is 7.20. The molecule has 1 aliphatic rings. The standard InChI is InChI=1S/C24H24N2O4/c1-4-30-24(28)21-14-26(15(2)27)11-10-19-20-13-17(8-9-22(20)25-23(19)21)16-6-5-7-18(12-16)29-3/h5-9,12-14,25H,4,10-11H2,1-3H3. The molecule has 154 valence electrons. The molecular weight excluding hydrogens is 380 g/mol. The van der Waals surface area contributed by atoms with Crippen molar-refractivity contribution in [1.29, 1.82) is 0 Å². The fourth-order valence-electron chi connectivity index (χ4n) is 3.85. The number of aromatic amines is 1. The summed E-state index contributed by atoms with van der Waals surface area (Å²) in [5.41, 5.74) is 5.15. The van der Waals surface area contributed by atoms with Crippen molar-refractivity contribution in [1.82, 2.24) is 9.88 Å². The van der Waals surface area contributed by atoms with Gasteiger partial charge in [-0.15, -0.1) is 0 Å². The molecule has 3 aromatic rings. The number of benzene rings is 2. The Hall–Kier alpha value is -3.54. The molecule has 2 aromatic carbocycles. The van der Waals surface area contributed by atoms with Crippen molar-refractivity contribution in [3.63, 3.8) is 0 Å². The maximum atomic E-state index is 12.7. The van der Waals surface area contributed by atoms with Gasteiger partial charge in [-0.2, -0.15) is 0 Å². The predicted molar refractivity (Wildman–Crippen MR) is 116 cm³/mol. The Labute approximate surface area is 175 Å². The maximum Gasteiger partial charge on any atom is 0.341 e. The zero-order valence-electron chi connectivity index (χ0n) is 17.3. The first-order valence-electron chi connectivity index (χ1n) is 9.97. The van der Waals surface area contributed by atoms with Crippen LogP contribution in [0.1, 0.15) is 25.1 Å². The molecule has 1 N–H and O–H groups in total. The second kappa shape index (κ2) is 8.06. The molecular formula is C24H24N2O4. The number of rotatable bonds is 4. The number of carbonyl (C=O) groups excluding carboxylic acids is 2. The molecule has 6 heteroatoms. The van der Waals surface area contributed by atoms with Gasteiger partial charge in [-0.3, -0.25) is 4.79 Å². The molecule has 0 fully saturated rings. The van der Waals surface area contributed by atoms with Gasteiger partial charge in [-0.05, 0) is 54.3 Å². The topological polar surface area (TPSA) is 71.6 Å². The van der Waals surface area contributed by atoms with Crippen LogP contribution < -0.4 is 4.74 Å². The fraction of sp³-hybridized carbons (Fsp3) is 0.250. The minimum absolute atomic E-state index is 0.108. The van der Waals surface area contributed by atoms with Crippen LogP contribution in [0.4, 0.5) is 0 Å². The van der Waals surface area contributed by atoms with Crippen LogP contribution in [0.3, 0.4) is 0 Å². The van der Waals surface area contributed by atoms with Crippen molar-refractivity contribution in [2.75, 3.05) is 20.3 Å². The van der Waals surface area contributed by atoms with Crippen LogP contribution in [0, 0.1) is 0 Å². The lowest BCUT2D eigenvalue weighted by Gasteiger charge is -2.15. The number of methoxy groups -OCH3 is 1. The quantitative estimate of drug-likeness (QED) is 0.663. The van der Waals surface area contributed by atoms with Gasteiger partial charge in [0.05, 0.1) is 25.0 Å². The number of nitrogens with one attached hydrogen (secondary N) is 1. The summed E-state index contributed by atoms with van der Waals surface area (Å²) in [4.78, 5) is 29.6. The monoisotopic (exact) mass is 404 g/mol. The number of ether oxygens (including phenoxy) is 2. The van der Waals surface area contributed by atoms with E-state index in [1.54, 1.807) is 25.1 Å². The van der Waals surface area contributed by atoms with E-state index >= 15 is 0 Å². The number of H-pyrrole nitrogens is 1. The Morgan fingerprint density at radius 2 is 1.93 bits per heavy atom. The molecule has 0 atom stereocenters. The van der Waals surface area contributed by atoms with E-state index in [2.05, 4.69) is 11.1 Å². The number of aromatic nitrogens is 1. The summed E-state index contributed by atoms with van der Waals surface area (Å²) in [6, 6.07) is 14.1. The third-order valence-corrected chi connectivity index (χ3v) is 5.37. The normalized spacial score (nSPS) is 13.4. The van der Waals surface area contributed by atoms with Gasteiger partial charge in [0.15, 0.2) is 0 Å². The maximum absolute atomic E-state index is 12.7. The molecule has 0 saturated carbocycles. The highest BCUT2D eigenvalue weighted by atomic mass is 16.5. The number of nitrogens with zero attached hydrogens (tertiary/aromatic N) is 1.